The number of amides is 2. The normalized spacial score (nSPS) is 18.2. The fraction of sp³-hybridized carbons (Fsp3) is 0.391. The second kappa shape index (κ2) is 13.0. The lowest BCUT2D eigenvalue weighted by atomic mass is 10.2. The maximum atomic E-state index is 12.3. The van der Waals surface area contributed by atoms with Gasteiger partial charge in [-0.05, 0) is 24.1 Å². The number of aliphatic carboxylic acids is 1. The monoisotopic (exact) mass is 535 g/mol. The highest BCUT2D eigenvalue weighted by Gasteiger charge is 2.36. The van der Waals surface area contributed by atoms with Gasteiger partial charge in [-0.1, -0.05) is 36.4 Å². The summed E-state index contributed by atoms with van der Waals surface area (Å²) in [4.78, 5) is 40.7. The smallest absolute Gasteiger partial charge is 0.407 e. The molecule has 0 bridgehead atoms. The number of benzene rings is 1. The predicted molar refractivity (Wildman–Crippen MR) is 132 cm³/mol. The lowest BCUT2D eigenvalue weighted by Gasteiger charge is -2.21. The maximum absolute atomic E-state index is 12.3. The van der Waals surface area contributed by atoms with Crippen LogP contribution in [0.4, 0.5) is 10.6 Å². The number of nitrogens with zero attached hydrogens (tertiary/aromatic N) is 2. The van der Waals surface area contributed by atoms with E-state index in [9.17, 15) is 33.0 Å². The molecule has 200 valence electrons. The third kappa shape index (κ3) is 9.00. The van der Waals surface area contributed by atoms with Gasteiger partial charge < -0.3 is 30.5 Å². The van der Waals surface area contributed by atoms with E-state index in [2.05, 4.69) is 20.3 Å². The Kier molecular flexibility index (Phi) is 9.77. The molecule has 13 nitrogen and oxygen atoms in total. The van der Waals surface area contributed by atoms with Gasteiger partial charge in [-0.3, -0.25) is 9.59 Å². The molecule has 14 heteroatoms. The Morgan fingerprint density at radius 2 is 1.84 bits per heavy atom. The number of carboxylic acids is 1. The number of nitrogens with one attached hydrogen (secondary N) is 3. The quantitative estimate of drug-likeness (QED) is 0.239. The van der Waals surface area contributed by atoms with Crippen molar-refractivity contribution in [2.24, 2.45) is 0 Å². The molecular formula is C23H29N5O8S. The van der Waals surface area contributed by atoms with Crippen LogP contribution in [0.15, 0.2) is 54.7 Å². The molecular weight excluding hydrogens is 506 g/mol. The van der Waals surface area contributed by atoms with E-state index >= 15 is 0 Å². The Balaban J connectivity index is 1.45. The maximum Gasteiger partial charge on any atom is 0.407 e. The first-order chi connectivity index (χ1) is 17.6. The minimum atomic E-state index is -3.98. The van der Waals surface area contributed by atoms with Crippen LogP contribution < -0.4 is 15.4 Å². The molecule has 2 heterocycles. The number of sulfonamides is 1. The van der Waals surface area contributed by atoms with Gasteiger partial charge in [0.25, 0.3) is 0 Å². The Bertz CT molecular complexity index is 1170. The fourth-order valence-corrected chi connectivity index (χ4v) is 5.14. The largest absolute Gasteiger partial charge is 0.480 e. The van der Waals surface area contributed by atoms with Crippen molar-refractivity contribution < 1.29 is 37.8 Å². The highest BCUT2D eigenvalue weighted by Crippen LogP contribution is 2.21. The molecule has 2 amide bonds. The highest BCUT2D eigenvalue weighted by atomic mass is 32.2. The zero-order chi connectivity index (χ0) is 26.8. The van der Waals surface area contributed by atoms with Gasteiger partial charge in [0, 0.05) is 19.3 Å². The summed E-state index contributed by atoms with van der Waals surface area (Å²) >= 11 is 0. The summed E-state index contributed by atoms with van der Waals surface area (Å²) in [6.45, 7) is -0.567. The lowest BCUT2D eigenvalue weighted by Crippen LogP contribution is -2.49. The summed E-state index contributed by atoms with van der Waals surface area (Å²) in [7, 11) is -3.98. The summed E-state index contributed by atoms with van der Waals surface area (Å²) in [5, 5.41) is 24.3. The van der Waals surface area contributed by atoms with Gasteiger partial charge in [0.2, 0.25) is 15.9 Å². The van der Waals surface area contributed by atoms with E-state index in [4.69, 9.17) is 4.74 Å². The van der Waals surface area contributed by atoms with Crippen molar-refractivity contribution in [3.05, 3.63) is 60.3 Å². The SMILES string of the molecule is O=C(COC1CC(CNc2ccccn2)N(C(=O)O)C1)NCC(NS(=O)(=O)Cc1ccccc1)C(=O)O. The van der Waals surface area contributed by atoms with Crippen molar-refractivity contribution in [2.45, 2.75) is 30.4 Å². The van der Waals surface area contributed by atoms with Gasteiger partial charge in [-0.2, -0.15) is 4.72 Å². The summed E-state index contributed by atoms with van der Waals surface area (Å²) < 4.78 is 32.3. The number of hydrogen-bond acceptors (Lipinski definition) is 8. The van der Waals surface area contributed by atoms with Crippen molar-refractivity contribution in [1.82, 2.24) is 19.9 Å². The first-order valence-corrected chi connectivity index (χ1v) is 13.1. The average Bonchev–Trinajstić information content (AvgIpc) is 3.28. The number of hydrogen-bond donors (Lipinski definition) is 5. The molecule has 5 N–H and O–H groups in total. The Hall–Kier alpha value is -3.75. The Morgan fingerprint density at radius 1 is 1.11 bits per heavy atom. The average molecular weight is 536 g/mol. The fourth-order valence-electron chi connectivity index (χ4n) is 3.80. The van der Waals surface area contributed by atoms with Crippen LogP contribution in [-0.4, -0.2) is 90.9 Å². The van der Waals surface area contributed by atoms with Gasteiger partial charge in [0.05, 0.1) is 24.4 Å². The summed E-state index contributed by atoms with van der Waals surface area (Å²) in [6.07, 6.45) is 0.295. The molecule has 1 fully saturated rings. The molecule has 0 saturated carbocycles. The van der Waals surface area contributed by atoms with Crippen LogP contribution in [0.25, 0.3) is 0 Å². The van der Waals surface area contributed by atoms with Crippen LogP contribution in [-0.2, 0) is 30.1 Å². The first-order valence-electron chi connectivity index (χ1n) is 11.4. The molecule has 1 aliphatic rings. The van der Waals surface area contributed by atoms with Crippen LogP contribution >= 0.6 is 0 Å². The number of likely N-dealkylation sites (tertiary alicyclic amines) is 1. The lowest BCUT2D eigenvalue weighted by molar-refractivity contribution is -0.139. The molecule has 1 aliphatic heterocycles. The number of rotatable bonds is 13. The van der Waals surface area contributed by atoms with E-state index in [1.54, 1.807) is 54.7 Å². The zero-order valence-electron chi connectivity index (χ0n) is 19.8. The van der Waals surface area contributed by atoms with Gasteiger partial charge in [-0.15, -0.1) is 0 Å². The van der Waals surface area contributed by atoms with Crippen LogP contribution in [0.2, 0.25) is 0 Å². The third-order valence-electron chi connectivity index (χ3n) is 5.58. The minimum absolute atomic E-state index is 0.0637. The second-order valence-electron chi connectivity index (χ2n) is 8.41. The standard InChI is InChI=1S/C23H29N5O8S/c29-21(26-12-19(22(30)31)27-37(34,35)15-16-6-2-1-3-7-16)14-36-18-10-17(28(13-18)23(32)33)11-25-20-8-4-5-9-24-20/h1-9,17-19,27H,10-15H2,(H,24,25)(H,26,29)(H,30,31)(H,32,33). The molecule has 3 rings (SSSR count). The van der Waals surface area contributed by atoms with E-state index in [0.29, 0.717) is 24.3 Å². The molecule has 3 atom stereocenters. The molecule has 2 aromatic rings. The number of carbonyl (C=O) groups excluding carboxylic acids is 1. The number of carbonyl (C=O) groups is 3. The van der Waals surface area contributed by atoms with E-state index in [-0.39, 0.29) is 6.54 Å². The van der Waals surface area contributed by atoms with Gasteiger partial charge in [0.15, 0.2) is 0 Å². The highest BCUT2D eigenvalue weighted by molar-refractivity contribution is 7.88. The van der Waals surface area contributed by atoms with Crippen molar-refractivity contribution >= 4 is 33.8 Å². The Labute approximate surface area is 213 Å². The van der Waals surface area contributed by atoms with Crippen LogP contribution in [0, 0.1) is 0 Å². The summed E-state index contributed by atoms with van der Waals surface area (Å²) in [6, 6.07) is 11.6. The molecule has 0 aliphatic carbocycles. The van der Waals surface area contributed by atoms with Crippen molar-refractivity contribution in [3.8, 4) is 0 Å². The number of anilines is 1. The molecule has 1 aromatic carbocycles. The Morgan fingerprint density at radius 3 is 2.49 bits per heavy atom. The first kappa shape index (κ1) is 27.8. The molecule has 1 saturated heterocycles. The molecule has 37 heavy (non-hydrogen) atoms. The van der Waals surface area contributed by atoms with Gasteiger partial charge in [0.1, 0.15) is 18.5 Å². The zero-order valence-corrected chi connectivity index (χ0v) is 20.6. The van der Waals surface area contributed by atoms with Crippen LogP contribution in [0.1, 0.15) is 12.0 Å². The topological polar surface area (TPSA) is 187 Å². The number of ether oxygens (including phenoxy) is 1. The predicted octanol–water partition coefficient (Wildman–Crippen LogP) is 0.320. The van der Waals surface area contributed by atoms with Crippen molar-refractivity contribution in [1.29, 1.82) is 0 Å². The third-order valence-corrected chi connectivity index (χ3v) is 6.94. The molecule has 0 radical (unpaired) electrons. The number of aromatic nitrogens is 1. The van der Waals surface area contributed by atoms with E-state index < -0.39 is 65.1 Å². The molecule has 3 unspecified atom stereocenters. The summed E-state index contributed by atoms with van der Waals surface area (Å²) in [5.74, 6) is -1.92. The van der Waals surface area contributed by atoms with Crippen LogP contribution in [0.3, 0.4) is 0 Å². The molecule has 1 aromatic heterocycles. The van der Waals surface area contributed by atoms with E-state index in [1.807, 2.05) is 0 Å². The summed E-state index contributed by atoms with van der Waals surface area (Å²) in [5.41, 5.74) is 0.483. The number of carboxylic acid groups (broad SMARTS) is 2. The van der Waals surface area contributed by atoms with E-state index in [0.717, 1.165) is 0 Å². The van der Waals surface area contributed by atoms with Crippen LogP contribution in [0.5, 0.6) is 0 Å². The van der Waals surface area contributed by atoms with Gasteiger partial charge >= 0.3 is 12.1 Å². The minimum Gasteiger partial charge on any atom is -0.480 e. The van der Waals surface area contributed by atoms with Crippen molar-refractivity contribution in [3.63, 3.8) is 0 Å². The molecule has 0 spiro atoms. The van der Waals surface area contributed by atoms with Crippen molar-refractivity contribution in [2.75, 3.05) is 31.6 Å². The van der Waals surface area contributed by atoms with E-state index in [1.165, 1.54) is 4.90 Å². The second-order valence-corrected chi connectivity index (χ2v) is 10.2. The number of pyridine rings is 1. The van der Waals surface area contributed by atoms with Gasteiger partial charge in [-0.25, -0.2) is 18.2 Å².